The van der Waals surface area contributed by atoms with Gasteiger partial charge in [0, 0.05) is 38.8 Å². The summed E-state index contributed by atoms with van der Waals surface area (Å²) in [5.41, 5.74) is 1.49. The zero-order chi connectivity index (χ0) is 15.9. The van der Waals surface area contributed by atoms with Crippen LogP contribution in [0.4, 0.5) is 0 Å². The molecule has 2 atom stereocenters. The number of imidazole rings is 1. The maximum absolute atomic E-state index is 12.7. The topological polar surface area (TPSA) is 50.2 Å². The lowest BCUT2D eigenvalue weighted by Gasteiger charge is -2.30. The van der Waals surface area contributed by atoms with Crippen LogP contribution in [-0.2, 0) is 18.4 Å². The van der Waals surface area contributed by atoms with E-state index in [1.165, 1.54) is 37.8 Å². The molecule has 1 N–H and O–H groups in total. The van der Waals surface area contributed by atoms with Crippen LogP contribution in [0, 0.1) is 17.3 Å². The van der Waals surface area contributed by atoms with Crippen molar-refractivity contribution >= 4 is 5.91 Å². The molecular weight excluding hydrogens is 288 g/mol. The minimum Gasteiger partial charge on any atom is -0.356 e. The Bertz CT molecular complexity index is 579. The van der Waals surface area contributed by atoms with E-state index >= 15 is 0 Å². The van der Waals surface area contributed by atoms with Gasteiger partial charge in [-0.2, -0.15) is 0 Å². The molecule has 1 aromatic rings. The molecule has 23 heavy (non-hydrogen) atoms. The number of hydrogen-bond acceptors (Lipinski definition) is 3. The van der Waals surface area contributed by atoms with Crippen molar-refractivity contribution in [2.45, 2.75) is 45.1 Å². The molecule has 1 aromatic heterocycles. The van der Waals surface area contributed by atoms with Crippen molar-refractivity contribution < 1.29 is 4.79 Å². The maximum Gasteiger partial charge on any atom is 0.223 e. The lowest BCUT2D eigenvalue weighted by Crippen LogP contribution is -2.41. The average Bonchev–Trinajstić information content (AvgIpc) is 2.94. The van der Waals surface area contributed by atoms with Crippen molar-refractivity contribution in [1.82, 2.24) is 19.8 Å². The first-order valence-corrected chi connectivity index (χ1v) is 9.12. The summed E-state index contributed by atoms with van der Waals surface area (Å²) in [4.78, 5) is 19.4. The number of carbonyl (C=O) groups excluding carboxylic acids is 1. The molecule has 1 aliphatic heterocycles. The zero-order valence-corrected chi connectivity index (χ0v) is 14.1. The summed E-state index contributed by atoms with van der Waals surface area (Å²) in [5.74, 6) is 1.33. The van der Waals surface area contributed by atoms with Crippen molar-refractivity contribution in [3.05, 3.63) is 18.2 Å². The summed E-state index contributed by atoms with van der Waals surface area (Å²) in [5, 5.41) is 3.24. The van der Waals surface area contributed by atoms with Crippen LogP contribution in [0.2, 0.25) is 0 Å². The van der Waals surface area contributed by atoms with E-state index in [0.29, 0.717) is 5.91 Å². The first-order chi connectivity index (χ1) is 11.2. The lowest BCUT2D eigenvalue weighted by atomic mass is 9.76. The summed E-state index contributed by atoms with van der Waals surface area (Å²) < 4.78 is 2.10. The van der Waals surface area contributed by atoms with Gasteiger partial charge in [0.25, 0.3) is 0 Å². The van der Waals surface area contributed by atoms with Crippen LogP contribution in [0.5, 0.6) is 0 Å². The Kier molecular flexibility index (Phi) is 3.92. The third-order valence-electron chi connectivity index (χ3n) is 6.25. The van der Waals surface area contributed by atoms with Crippen LogP contribution in [0.1, 0.15) is 44.2 Å². The minimum atomic E-state index is 0.228. The van der Waals surface area contributed by atoms with Gasteiger partial charge in [-0.1, -0.05) is 6.42 Å². The van der Waals surface area contributed by atoms with Gasteiger partial charge in [-0.3, -0.25) is 9.69 Å². The minimum absolute atomic E-state index is 0.228. The third kappa shape index (κ3) is 3.03. The molecule has 2 saturated carbocycles. The van der Waals surface area contributed by atoms with E-state index in [4.69, 9.17) is 0 Å². The Balaban J connectivity index is 1.39. The van der Waals surface area contributed by atoms with Gasteiger partial charge in [0.1, 0.15) is 0 Å². The standard InChI is InChI=1S/C18H28N4O/c1-21-13-19-10-15(21)11-22-8-7-18(12-22)6-2-3-16(18)17(23)20-9-14-4-5-14/h10,13-14,16H,2-9,11-12H2,1H3,(H,20,23)/t16-,18-/m1/s1. The molecule has 1 amide bonds. The van der Waals surface area contributed by atoms with Gasteiger partial charge < -0.3 is 9.88 Å². The zero-order valence-electron chi connectivity index (χ0n) is 14.1. The predicted octanol–water partition coefficient (Wildman–Crippen LogP) is 1.94. The molecule has 2 aliphatic carbocycles. The van der Waals surface area contributed by atoms with E-state index in [0.717, 1.165) is 38.5 Å². The van der Waals surface area contributed by atoms with Gasteiger partial charge in [0.2, 0.25) is 5.91 Å². The molecule has 2 heterocycles. The van der Waals surface area contributed by atoms with Crippen LogP contribution >= 0.6 is 0 Å². The molecule has 5 heteroatoms. The van der Waals surface area contributed by atoms with Gasteiger partial charge >= 0.3 is 0 Å². The van der Waals surface area contributed by atoms with Crippen molar-refractivity contribution in [1.29, 1.82) is 0 Å². The molecule has 126 valence electrons. The van der Waals surface area contributed by atoms with Crippen LogP contribution in [0.3, 0.4) is 0 Å². The summed E-state index contributed by atoms with van der Waals surface area (Å²) in [6.45, 7) is 4.04. The highest BCUT2D eigenvalue weighted by Gasteiger charge is 2.50. The molecule has 5 nitrogen and oxygen atoms in total. The molecule has 0 bridgehead atoms. The number of aromatic nitrogens is 2. The maximum atomic E-state index is 12.7. The van der Waals surface area contributed by atoms with Gasteiger partial charge in [-0.25, -0.2) is 4.98 Å². The lowest BCUT2D eigenvalue weighted by molar-refractivity contribution is -0.128. The van der Waals surface area contributed by atoms with Gasteiger partial charge in [-0.05, 0) is 50.0 Å². The number of nitrogens with one attached hydrogen (secondary N) is 1. The van der Waals surface area contributed by atoms with E-state index in [1.54, 1.807) is 0 Å². The Morgan fingerprint density at radius 1 is 1.39 bits per heavy atom. The molecule has 0 aromatic carbocycles. The van der Waals surface area contributed by atoms with Gasteiger partial charge in [-0.15, -0.1) is 0 Å². The smallest absolute Gasteiger partial charge is 0.223 e. The first-order valence-electron chi connectivity index (χ1n) is 9.12. The fraction of sp³-hybridized carbons (Fsp3) is 0.778. The van der Waals surface area contributed by atoms with E-state index < -0.39 is 0 Å². The number of carbonyl (C=O) groups is 1. The summed E-state index contributed by atoms with van der Waals surface area (Å²) >= 11 is 0. The second-order valence-corrected chi connectivity index (χ2v) is 7.95. The SMILES string of the molecule is Cn1cncc1CN1CC[C@]2(CCC[C@@H]2C(=O)NCC2CC2)C1. The Labute approximate surface area is 138 Å². The number of likely N-dealkylation sites (tertiary alicyclic amines) is 1. The summed E-state index contributed by atoms with van der Waals surface area (Å²) in [7, 11) is 2.05. The molecule has 0 unspecified atom stereocenters. The molecule has 0 radical (unpaired) electrons. The Hall–Kier alpha value is -1.36. The first kappa shape index (κ1) is 15.2. The van der Waals surface area contributed by atoms with Crippen molar-refractivity contribution in [2.75, 3.05) is 19.6 Å². The van der Waals surface area contributed by atoms with E-state index in [9.17, 15) is 4.79 Å². The quantitative estimate of drug-likeness (QED) is 0.903. The van der Waals surface area contributed by atoms with Crippen molar-refractivity contribution in [3.63, 3.8) is 0 Å². The fourth-order valence-electron chi connectivity index (χ4n) is 4.61. The number of amides is 1. The highest BCUT2D eigenvalue weighted by Crippen LogP contribution is 2.50. The average molecular weight is 316 g/mol. The molecule has 3 fully saturated rings. The molecule has 3 aliphatic rings. The Morgan fingerprint density at radius 2 is 2.26 bits per heavy atom. The summed E-state index contributed by atoms with van der Waals surface area (Å²) in [6, 6.07) is 0. The fourth-order valence-corrected chi connectivity index (χ4v) is 4.61. The van der Waals surface area contributed by atoms with Gasteiger partial charge in [0.05, 0.1) is 12.0 Å². The summed E-state index contributed by atoms with van der Waals surface area (Å²) in [6.07, 6.45) is 11.1. The van der Waals surface area contributed by atoms with Gasteiger partial charge in [0.15, 0.2) is 0 Å². The second kappa shape index (κ2) is 5.93. The molecule has 1 saturated heterocycles. The molecule has 1 spiro atoms. The molecule has 4 rings (SSSR count). The highest BCUT2D eigenvalue weighted by molar-refractivity contribution is 5.80. The van der Waals surface area contributed by atoms with Crippen molar-refractivity contribution in [2.24, 2.45) is 24.3 Å². The molecular formula is C18H28N4O. The largest absolute Gasteiger partial charge is 0.356 e. The highest BCUT2D eigenvalue weighted by atomic mass is 16.1. The number of nitrogens with zero attached hydrogens (tertiary/aromatic N) is 3. The van der Waals surface area contributed by atoms with Crippen LogP contribution in [0.25, 0.3) is 0 Å². The normalized spacial score (nSPS) is 31.1. The van der Waals surface area contributed by atoms with Crippen LogP contribution in [-0.4, -0.2) is 40.0 Å². The predicted molar refractivity (Wildman–Crippen MR) is 88.6 cm³/mol. The Morgan fingerprint density at radius 3 is 3.00 bits per heavy atom. The number of aryl methyl sites for hydroxylation is 1. The van der Waals surface area contributed by atoms with Crippen LogP contribution in [0.15, 0.2) is 12.5 Å². The van der Waals surface area contributed by atoms with E-state index in [-0.39, 0.29) is 11.3 Å². The van der Waals surface area contributed by atoms with E-state index in [1.807, 2.05) is 12.5 Å². The van der Waals surface area contributed by atoms with Crippen molar-refractivity contribution in [3.8, 4) is 0 Å². The number of hydrogen-bond donors (Lipinski definition) is 1. The second-order valence-electron chi connectivity index (χ2n) is 7.95. The monoisotopic (exact) mass is 316 g/mol. The third-order valence-corrected chi connectivity index (χ3v) is 6.25. The number of rotatable bonds is 5. The van der Waals surface area contributed by atoms with Crippen LogP contribution < -0.4 is 5.32 Å². The van der Waals surface area contributed by atoms with E-state index in [2.05, 4.69) is 26.8 Å².